The molecule has 0 saturated carbocycles. The first-order chi connectivity index (χ1) is 9.58. The molecule has 2 nitrogen and oxygen atoms in total. The Morgan fingerprint density at radius 2 is 2.00 bits per heavy atom. The molecule has 2 rings (SSSR count). The number of pyridine rings is 1. The minimum atomic E-state index is -0.195. The average molecular weight is 272 g/mol. The number of hydrogen-bond acceptors (Lipinski definition) is 2. The normalized spacial score (nSPS) is 12.7. The summed E-state index contributed by atoms with van der Waals surface area (Å²) in [5.41, 5.74) is 3.20. The number of aromatic nitrogens is 1. The van der Waals surface area contributed by atoms with Gasteiger partial charge in [-0.1, -0.05) is 32.0 Å². The van der Waals surface area contributed by atoms with Crippen LogP contribution in [0.25, 0.3) is 0 Å². The summed E-state index contributed by atoms with van der Waals surface area (Å²) in [5.74, 6) is 0.219. The Hall–Kier alpha value is -1.74. The van der Waals surface area contributed by atoms with Crippen molar-refractivity contribution >= 4 is 0 Å². The van der Waals surface area contributed by atoms with Crippen molar-refractivity contribution in [2.75, 3.05) is 0 Å². The lowest BCUT2D eigenvalue weighted by molar-refractivity contribution is 0.400. The number of nitrogens with one attached hydrogen (secondary N) is 1. The van der Waals surface area contributed by atoms with Gasteiger partial charge in [0.25, 0.3) is 0 Å². The topological polar surface area (TPSA) is 24.9 Å². The zero-order valence-electron chi connectivity index (χ0n) is 12.2. The van der Waals surface area contributed by atoms with E-state index in [4.69, 9.17) is 0 Å². The van der Waals surface area contributed by atoms with Crippen LogP contribution in [0, 0.1) is 18.7 Å². The Bertz CT molecular complexity index is 566. The second-order valence-electron chi connectivity index (χ2n) is 5.44. The fraction of sp³-hybridized carbons (Fsp3) is 0.353. The van der Waals surface area contributed by atoms with Gasteiger partial charge in [-0.05, 0) is 42.2 Å². The largest absolute Gasteiger partial charge is 0.304 e. The van der Waals surface area contributed by atoms with Gasteiger partial charge in [0.05, 0.1) is 11.7 Å². The maximum atomic E-state index is 13.2. The van der Waals surface area contributed by atoms with Crippen LogP contribution in [-0.4, -0.2) is 4.98 Å². The Morgan fingerprint density at radius 1 is 1.20 bits per heavy atom. The number of benzene rings is 1. The standard InChI is InChI=1S/C17H21FN2/c1-12(2)16(17-13(3)6-5-9-19-17)20-11-14-7-4-8-15(18)10-14/h4-10,12,16,20H,11H2,1-3H3. The molecule has 0 saturated heterocycles. The molecule has 1 atom stereocenters. The van der Waals surface area contributed by atoms with Gasteiger partial charge >= 0.3 is 0 Å². The van der Waals surface area contributed by atoms with Crippen LogP contribution < -0.4 is 5.32 Å². The van der Waals surface area contributed by atoms with Gasteiger partial charge in [0.1, 0.15) is 5.82 Å². The minimum absolute atomic E-state index is 0.166. The molecule has 0 spiro atoms. The number of hydrogen-bond donors (Lipinski definition) is 1. The van der Waals surface area contributed by atoms with Gasteiger partial charge in [-0.3, -0.25) is 4.98 Å². The van der Waals surface area contributed by atoms with Crippen molar-refractivity contribution in [1.29, 1.82) is 0 Å². The third-order valence-electron chi connectivity index (χ3n) is 3.43. The summed E-state index contributed by atoms with van der Waals surface area (Å²) in [7, 11) is 0. The van der Waals surface area contributed by atoms with Crippen LogP contribution >= 0.6 is 0 Å². The molecule has 0 aliphatic carbocycles. The summed E-state index contributed by atoms with van der Waals surface area (Å²) in [6.45, 7) is 7.03. The van der Waals surface area contributed by atoms with Crippen LogP contribution in [0.15, 0.2) is 42.6 Å². The third kappa shape index (κ3) is 3.64. The van der Waals surface area contributed by atoms with E-state index in [9.17, 15) is 4.39 Å². The van der Waals surface area contributed by atoms with Crippen molar-refractivity contribution in [3.05, 3.63) is 65.2 Å². The van der Waals surface area contributed by atoms with Crippen molar-refractivity contribution in [3.8, 4) is 0 Å². The lowest BCUT2D eigenvalue weighted by atomic mass is 9.97. The first-order valence-electron chi connectivity index (χ1n) is 6.97. The van der Waals surface area contributed by atoms with Gasteiger partial charge in [0.2, 0.25) is 0 Å². The van der Waals surface area contributed by atoms with Crippen LogP contribution in [-0.2, 0) is 6.54 Å². The molecular weight excluding hydrogens is 251 g/mol. The summed E-state index contributed by atoms with van der Waals surface area (Å²) < 4.78 is 13.2. The predicted octanol–water partition coefficient (Wildman–Crippen LogP) is 4.02. The number of rotatable bonds is 5. The van der Waals surface area contributed by atoms with E-state index in [1.807, 2.05) is 18.3 Å². The third-order valence-corrected chi connectivity index (χ3v) is 3.43. The molecule has 1 unspecified atom stereocenters. The maximum absolute atomic E-state index is 13.2. The van der Waals surface area contributed by atoms with Crippen LogP contribution in [0.4, 0.5) is 4.39 Å². The maximum Gasteiger partial charge on any atom is 0.123 e. The molecule has 20 heavy (non-hydrogen) atoms. The average Bonchev–Trinajstić information content (AvgIpc) is 2.40. The molecule has 0 aliphatic rings. The smallest absolute Gasteiger partial charge is 0.123 e. The molecule has 2 aromatic rings. The molecule has 1 heterocycles. The van der Waals surface area contributed by atoms with Gasteiger partial charge in [0, 0.05) is 12.7 Å². The molecule has 3 heteroatoms. The van der Waals surface area contributed by atoms with Crippen molar-refractivity contribution in [2.45, 2.75) is 33.4 Å². The van der Waals surface area contributed by atoms with Crippen molar-refractivity contribution in [1.82, 2.24) is 10.3 Å². The summed E-state index contributed by atoms with van der Waals surface area (Å²) in [4.78, 5) is 4.49. The van der Waals surface area contributed by atoms with Gasteiger partial charge in [0.15, 0.2) is 0 Å². The number of nitrogens with zero attached hydrogens (tertiary/aromatic N) is 1. The van der Waals surface area contributed by atoms with E-state index < -0.39 is 0 Å². The molecule has 1 aromatic carbocycles. The Kier molecular flexibility index (Phi) is 4.85. The van der Waals surface area contributed by atoms with E-state index in [0.29, 0.717) is 12.5 Å². The highest BCUT2D eigenvalue weighted by Gasteiger charge is 2.18. The summed E-state index contributed by atoms with van der Waals surface area (Å²) in [6.07, 6.45) is 1.82. The van der Waals surface area contributed by atoms with E-state index in [-0.39, 0.29) is 11.9 Å². The SMILES string of the molecule is Cc1cccnc1C(NCc1cccc(F)c1)C(C)C. The van der Waals surface area contributed by atoms with Gasteiger partial charge in [-0.2, -0.15) is 0 Å². The second-order valence-corrected chi connectivity index (χ2v) is 5.44. The van der Waals surface area contributed by atoms with Crippen molar-refractivity contribution < 1.29 is 4.39 Å². The fourth-order valence-corrected chi connectivity index (χ4v) is 2.35. The highest BCUT2D eigenvalue weighted by molar-refractivity contribution is 5.22. The van der Waals surface area contributed by atoms with E-state index in [2.05, 4.69) is 37.1 Å². The van der Waals surface area contributed by atoms with E-state index in [0.717, 1.165) is 11.3 Å². The van der Waals surface area contributed by atoms with Crippen LogP contribution in [0.5, 0.6) is 0 Å². The minimum Gasteiger partial charge on any atom is -0.304 e. The van der Waals surface area contributed by atoms with Crippen molar-refractivity contribution in [2.24, 2.45) is 5.92 Å². The molecule has 1 N–H and O–H groups in total. The quantitative estimate of drug-likeness (QED) is 0.889. The van der Waals surface area contributed by atoms with Crippen LogP contribution in [0.1, 0.15) is 36.7 Å². The summed E-state index contributed by atoms with van der Waals surface area (Å²) in [6, 6.07) is 10.9. The summed E-state index contributed by atoms with van der Waals surface area (Å²) in [5, 5.41) is 3.49. The van der Waals surface area contributed by atoms with Gasteiger partial charge in [-0.25, -0.2) is 4.39 Å². The lowest BCUT2D eigenvalue weighted by Gasteiger charge is -2.23. The first-order valence-corrected chi connectivity index (χ1v) is 6.97. The Morgan fingerprint density at radius 3 is 2.65 bits per heavy atom. The molecule has 1 aromatic heterocycles. The highest BCUT2D eigenvalue weighted by Crippen LogP contribution is 2.23. The first kappa shape index (κ1) is 14.7. The molecule has 0 aliphatic heterocycles. The zero-order chi connectivity index (χ0) is 14.5. The lowest BCUT2D eigenvalue weighted by Crippen LogP contribution is -2.27. The van der Waals surface area contributed by atoms with Crippen LogP contribution in [0.3, 0.4) is 0 Å². The molecular formula is C17H21FN2. The van der Waals surface area contributed by atoms with E-state index >= 15 is 0 Å². The molecule has 106 valence electrons. The second kappa shape index (κ2) is 6.62. The highest BCUT2D eigenvalue weighted by atomic mass is 19.1. The van der Waals surface area contributed by atoms with Crippen molar-refractivity contribution in [3.63, 3.8) is 0 Å². The molecule has 0 bridgehead atoms. The zero-order valence-corrected chi connectivity index (χ0v) is 12.2. The van der Waals surface area contributed by atoms with Gasteiger partial charge < -0.3 is 5.32 Å². The van der Waals surface area contributed by atoms with Crippen LogP contribution in [0.2, 0.25) is 0 Å². The number of halogens is 1. The molecule has 0 amide bonds. The number of aryl methyl sites for hydroxylation is 1. The van der Waals surface area contributed by atoms with Gasteiger partial charge in [-0.15, -0.1) is 0 Å². The van der Waals surface area contributed by atoms with E-state index in [1.54, 1.807) is 12.1 Å². The predicted molar refractivity (Wildman–Crippen MR) is 79.8 cm³/mol. The summed E-state index contributed by atoms with van der Waals surface area (Å²) >= 11 is 0. The Labute approximate surface area is 120 Å². The monoisotopic (exact) mass is 272 g/mol. The molecule has 0 fully saturated rings. The molecule has 0 radical (unpaired) electrons. The van der Waals surface area contributed by atoms with E-state index in [1.165, 1.54) is 11.6 Å². The Balaban J connectivity index is 2.13. The fourth-order valence-electron chi connectivity index (χ4n) is 2.35.